The van der Waals surface area contributed by atoms with E-state index in [1.54, 1.807) is 35.9 Å². The topological polar surface area (TPSA) is 83.5 Å². The molecule has 210 valence electrons. The Hall–Kier alpha value is -5.09. The molecule has 0 saturated carbocycles. The third kappa shape index (κ3) is 5.57. The van der Waals surface area contributed by atoms with Crippen molar-refractivity contribution < 1.29 is 13.9 Å². The molecule has 3 aromatic carbocycles. The zero-order valence-corrected chi connectivity index (χ0v) is 23.7. The van der Waals surface area contributed by atoms with E-state index in [0.29, 0.717) is 45.4 Å². The lowest BCUT2D eigenvalue weighted by Gasteiger charge is -2.06. The number of fused-ring (bicyclic) bond motifs is 1. The van der Waals surface area contributed by atoms with Gasteiger partial charge in [-0.2, -0.15) is 14.6 Å². The van der Waals surface area contributed by atoms with E-state index in [9.17, 15) is 9.18 Å². The van der Waals surface area contributed by atoms with E-state index in [-0.39, 0.29) is 11.3 Å². The molecule has 3 aromatic heterocycles. The van der Waals surface area contributed by atoms with Crippen LogP contribution in [-0.2, 0) is 0 Å². The summed E-state index contributed by atoms with van der Waals surface area (Å²) in [4.78, 5) is 18.3. The van der Waals surface area contributed by atoms with Gasteiger partial charge in [0.1, 0.15) is 11.4 Å². The number of ether oxygens (including phenoxy) is 2. The Morgan fingerprint density at radius 1 is 0.929 bits per heavy atom. The molecule has 3 heterocycles. The first-order valence-corrected chi connectivity index (χ1v) is 14.2. The van der Waals surface area contributed by atoms with E-state index in [2.05, 4.69) is 10.1 Å². The van der Waals surface area contributed by atoms with Gasteiger partial charge in [0.25, 0.3) is 5.56 Å². The van der Waals surface area contributed by atoms with Crippen LogP contribution in [0.25, 0.3) is 40.1 Å². The fourth-order valence-electron chi connectivity index (χ4n) is 4.42. The Morgan fingerprint density at radius 3 is 2.43 bits per heavy atom. The minimum Gasteiger partial charge on any atom is -0.494 e. The summed E-state index contributed by atoms with van der Waals surface area (Å²) < 4.78 is 29.1. The van der Waals surface area contributed by atoms with Gasteiger partial charge in [-0.15, -0.1) is 5.10 Å². The van der Waals surface area contributed by atoms with Gasteiger partial charge in [0.05, 0.1) is 23.4 Å². The fourth-order valence-corrected chi connectivity index (χ4v) is 5.33. The quantitative estimate of drug-likeness (QED) is 0.220. The summed E-state index contributed by atoms with van der Waals surface area (Å²) in [5.41, 5.74) is 3.24. The van der Waals surface area contributed by atoms with Crippen molar-refractivity contribution in [2.45, 2.75) is 13.8 Å². The van der Waals surface area contributed by atoms with Crippen LogP contribution in [-0.4, -0.2) is 37.6 Å². The van der Waals surface area contributed by atoms with Gasteiger partial charge in [0.2, 0.25) is 4.96 Å². The van der Waals surface area contributed by atoms with Gasteiger partial charge in [-0.1, -0.05) is 47.7 Å². The minimum absolute atomic E-state index is 0.175. The average molecular weight is 580 g/mol. The second-order valence-electron chi connectivity index (χ2n) is 9.21. The second kappa shape index (κ2) is 11.8. The van der Waals surface area contributed by atoms with Crippen LogP contribution in [0.1, 0.15) is 30.8 Å². The van der Waals surface area contributed by atoms with E-state index in [1.165, 1.54) is 21.9 Å². The molecule has 0 radical (unpaired) electrons. The zero-order valence-electron chi connectivity index (χ0n) is 22.9. The summed E-state index contributed by atoms with van der Waals surface area (Å²) in [5, 5.41) is 9.14. The first kappa shape index (κ1) is 27.1. The monoisotopic (exact) mass is 579 g/mol. The number of halogens is 1. The summed E-state index contributed by atoms with van der Waals surface area (Å²) in [6.45, 7) is 4.71. The van der Waals surface area contributed by atoms with Crippen molar-refractivity contribution in [1.82, 2.24) is 24.4 Å². The number of hydrogen-bond donors (Lipinski definition) is 0. The Labute approximate surface area is 244 Å². The molecule has 6 aromatic rings. The summed E-state index contributed by atoms with van der Waals surface area (Å²) >= 11 is 1.23. The highest BCUT2D eigenvalue weighted by molar-refractivity contribution is 7.15. The van der Waals surface area contributed by atoms with Crippen LogP contribution >= 0.6 is 11.3 Å². The van der Waals surface area contributed by atoms with Crippen molar-refractivity contribution in [2.24, 2.45) is 0 Å². The first-order chi connectivity index (χ1) is 20.5. The number of thiazole rings is 1. The highest BCUT2D eigenvalue weighted by atomic mass is 32.1. The molecule has 0 saturated heterocycles. The molecule has 10 heteroatoms. The van der Waals surface area contributed by atoms with Crippen molar-refractivity contribution in [3.05, 3.63) is 117 Å². The van der Waals surface area contributed by atoms with E-state index in [0.717, 1.165) is 17.0 Å². The highest BCUT2D eigenvalue weighted by Gasteiger charge is 2.16. The van der Waals surface area contributed by atoms with Crippen LogP contribution in [0.4, 0.5) is 4.39 Å². The van der Waals surface area contributed by atoms with Gasteiger partial charge >= 0.3 is 0 Å². The molecular weight excluding hydrogens is 553 g/mol. The summed E-state index contributed by atoms with van der Waals surface area (Å²) in [5.74, 6) is 0.930. The second-order valence-corrected chi connectivity index (χ2v) is 10.2. The smallest absolute Gasteiger partial charge is 0.291 e. The molecule has 0 bridgehead atoms. The molecule has 0 fully saturated rings. The van der Waals surface area contributed by atoms with Crippen LogP contribution in [0.3, 0.4) is 0 Å². The van der Waals surface area contributed by atoms with E-state index >= 15 is 0 Å². The summed E-state index contributed by atoms with van der Waals surface area (Å²) in [6, 6.07) is 22.0. The van der Waals surface area contributed by atoms with Gasteiger partial charge in [-0.25, -0.2) is 9.07 Å². The number of rotatable bonds is 9. The van der Waals surface area contributed by atoms with Gasteiger partial charge in [0.15, 0.2) is 17.4 Å². The standard InChI is InChI=1S/C32H26FN5O3S/c1-3-40-25-14-10-21(11-15-25)12-17-29-34-32-38(35-29)31(39)28(42-32)19-23-20-37(24-8-6-5-7-9-24)36-30(23)22-13-16-27(41-4-2)26(33)18-22/h5-20H,3-4H2,1-2H3/b17-12+,28-19-. The van der Waals surface area contributed by atoms with Crippen LogP contribution in [0, 0.1) is 5.82 Å². The summed E-state index contributed by atoms with van der Waals surface area (Å²) in [7, 11) is 0. The molecule has 0 aliphatic carbocycles. The van der Waals surface area contributed by atoms with E-state index < -0.39 is 5.82 Å². The van der Waals surface area contributed by atoms with Crippen LogP contribution < -0.4 is 19.6 Å². The molecule has 0 N–H and O–H groups in total. The van der Waals surface area contributed by atoms with Gasteiger partial charge in [-0.05, 0) is 74.0 Å². The van der Waals surface area contributed by atoms with Crippen molar-refractivity contribution in [1.29, 1.82) is 0 Å². The Morgan fingerprint density at radius 2 is 1.71 bits per heavy atom. The number of aromatic nitrogens is 5. The van der Waals surface area contributed by atoms with E-state index in [4.69, 9.17) is 14.6 Å². The molecule has 0 atom stereocenters. The molecule has 42 heavy (non-hydrogen) atoms. The average Bonchev–Trinajstić information content (AvgIpc) is 3.69. The van der Waals surface area contributed by atoms with Crippen molar-refractivity contribution in [3.63, 3.8) is 0 Å². The normalized spacial score (nSPS) is 12.0. The van der Waals surface area contributed by atoms with Crippen LogP contribution in [0.15, 0.2) is 83.8 Å². The first-order valence-electron chi connectivity index (χ1n) is 13.4. The van der Waals surface area contributed by atoms with Crippen LogP contribution in [0.2, 0.25) is 0 Å². The van der Waals surface area contributed by atoms with Gasteiger partial charge in [-0.3, -0.25) is 4.79 Å². The predicted molar refractivity (Wildman–Crippen MR) is 163 cm³/mol. The Bertz CT molecular complexity index is 2000. The lowest BCUT2D eigenvalue weighted by atomic mass is 10.1. The third-order valence-electron chi connectivity index (χ3n) is 6.37. The molecule has 0 unspecified atom stereocenters. The molecule has 0 aliphatic rings. The Balaban J connectivity index is 1.36. The molecule has 6 rings (SSSR count). The van der Waals surface area contributed by atoms with Gasteiger partial charge < -0.3 is 9.47 Å². The molecule has 0 spiro atoms. The number of nitrogens with zero attached hydrogens (tertiary/aromatic N) is 5. The van der Waals surface area contributed by atoms with Crippen LogP contribution in [0.5, 0.6) is 11.5 Å². The minimum atomic E-state index is -0.483. The maximum atomic E-state index is 14.8. The van der Waals surface area contributed by atoms with Gasteiger partial charge in [0, 0.05) is 17.3 Å². The molecular formula is C32H26FN5O3S. The zero-order chi connectivity index (χ0) is 29.1. The molecule has 0 aliphatic heterocycles. The van der Waals surface area contributed by atoms with E-state index in [1.807, 2.05) is 73.8 Å². The Kier molecular flexibility index (Phi) is 7.61. The predicted octanol–water partition coefficient (Wildman–Crippen LogP) is 5.66. The lowest BCUT2D eigenvalue weighted by Crippen LogP contribution is -2.23. The number of para-hydroxylation sites is 1. The SMILES string of the molecule is CCOc1ccc(/C=C/c2nc3s/c(=C\c4cn(-c5ccccc5)nc4-c4ccc(OCC)c(F)c4)c(=O)n3n2)cc1. The summed E-state index contributed by atoms with van der Waals surface area (Å²) in [6.07, 6.45) is 7.21. The fraction of sp³-hybridized carbons (Fsp3) is 0.125. The van der Waals surface area contributed by atoms with Crippen molar-refractivity contribution >= 4 is 34.5 Å². The molecule has 0 amide bonds. The highest BCUT2D eigenvalue weighted by Crippen LogP contribution is 2.28. The van der Waals surface area contributed by atoms with Crippen molar-refractivity contribution in [3.8, 4) is 28.4 Å². The molecule has 8 nitrogen and oxygen atoms in total. The number of benzene rings is 3. The third-order valence-corrected chi connectivity index (χ3v) is 7.33. The maximum absolute atomic E-state index is 14.8. The van der Waals surface area contributed by atoms with Crippen molar-refractivity contribution in [2.75, 3.05) is 13.2 Å². The lowest BCUT2D eigenvalue weighted by molar-refractivity contribution is 0.321. The maximum Gasteiger partial charge on any atom is 0.291 e. The largest absolute Gasteiger partial charge is 0.494 e. The number of hydrogen-bond acceptors (Lipinski definition) is 7.